The molecule has 5 heteroatoms. The second kappa shape index (κ2) is 6.54. The highest BCUT2D eigenvalue weighted by molar-refractivity contribution is 7.89. The summed E-state index contributed by atoms with van der Waals surface area (Å²) in [5.41, 5.74) is 2.19. The average molecular weight is 344 g/mol. The minimum absolute atomic E-state index is 0.126. The lowest BCUT2D eigenvalue weighted by Gasteiger charge is -2.21. The van der Waals surface area contributed by atoms with Crippen LogP contribution >= 0.6 is 0 Å². The van der Waals surface area contributed by atoms with Crippen LogP contribution in [0.5, 0.6) is 0 Å². The van der Waals surface area contributed by atoms with Gasteiger partial charge in [0.2, 0.25) is 10.0 Å². The number of nitrogens with zero attached hydrogens (tertiary/aromatic N) is 2. The van der Waals surface area contributed by atoms with Crippen molar-refractivity contribution in [1.82, 2.24) is 4.31 Å². The van der Waals surface area contributed by atoms with E-state index < -0.39 is 10.0 Å². The van der Waals surface area contributed by atoms with E-state index in [1.807, 2.05) is 27.7 Å². The van der Waals surface area contributed by atoms with Crippen LogP contribution in [0.15, 0.2) is 53.0 Å². The highest BCUT2D eigenvalue weighted by Crippen LogP contribution is 2.36. The van der Waals surface area contributed by atoms with Crippen LogP contribution in [-0.4, -0.2) is 25.8 Å². The Morgan fingerprint density at radius 1 is 1.33 bits per heavy atom. The zero-order valence-corrected chi connectivity index (χ0v) is 15.5. The summed E-state index contributed by atoms with van der Waals surface area (Å²) in [5, 5.41) is 9.56. The number of hydrogen-bond donors (Lipinski definition) is 0. The molecule has 0 aromatic heterocycles. The van der Waals surface area contributed by atoms with E-state index in [9.17, 15) is 13.7 Å². The van der Waals surface area contributed by atoms with Crippen molar-refractivity contribution in [3.05, 3.63) is 53.6 Å². The van der Waals surface area contributed by atoms with Crippen LogP contribution in [0, 0.1) is 29.6 Å². The summed E-state index contributed by atoms with van der Waals surface area (Å²) in [6.07, 6.45) is 1.74. The van der Waals surface area contributed by atoms with Crippen molar-refractivity contribution in [2.75, 3.05) is 13.1 Å². The third-order valence-corrected chi connectivity index (χ3v) is 6.15. The maximum absolute atomic E-state index is 12.9. The fourth-order valence-electron chi connectivity index (χ4n) is 2.95. The van der Waals surface area contributed by atoms with Crippen molar-refractivity contribution in [1.29, 1.82) is 5.26 Å². The molecule has 0 amide bonds. The fraction of sp³-hybridized carbons (Fsp3) is 0.421. The Morgan fingerprint density at radius 3 is 2.38 bits per heavy atom. The van der Waals surface area contributed by atoms with Gasteiger partial charge in [-0.2, -0.15) is 9.57 Å². The smallest absolute Gasteiger partial charge is 0.207 e. The number of allylic oxidation sites excluding steroid dienone is 1. The molecule has 0 aliphatic carbocycles. The van der Waals surface area contributed by atoms with E-state index in [0.717, 1.165) is 11.1 Å². The first-order chi connectivity index (χ1) is 11.1. The van der Waals surface area contributed by atoms with E-state index in [0.29, 0.717) is 12.1 Å². The third kappa shape index (κ3) is 3.45. The molecule has 4 nitrogen and oxygen atoms in total. The van der Waals surface area contributed by atoms with Crippen LogP contribution < -0.4 is 0 Å². The lowest BCUT2D eigenvalue weighted by Crippen LogP contribution is -2.29. The number of sulfonamides is 1. The lowest BCUT2D eigenvalue weighted by atomic mass is 9.81. The summed E-state index contributed by atoms with van der Waals surface area (Å²) in [4.78, 5) is 0.284. The maximum atomic E-state index is 12.9. The standard InChI is InChI=1S/C19H24N2O2S/c1-6-15-12-21(13-17(15)18(11-20)19(3,4)5)24(22,23)16-9-7-14(2)8-10-16/h6-10,15H,1,12-13H2,2-5H3/b18-17+/t15-/m1/s1. The van der Waals surface area contributed by atoms with Crippen LogP contribution in [0.4, 0.5) is 0 Å². The minimum atomic E-state index is -3.58. The highest BCUT2D eigenvalue weighted by Gasteiger charge is 2.37. The van der Waals surface area contributed by atoms with Crippen molar-refractivity contribution >= 4 is 10.0 Å². The van der Waals surface area contributed by atoms with Crippen molar-refractivity contribution in [3.8, 4) is 6.07 Å². The largest absolute Gasteiger partial charge is 0.243 e. The van der Waals surface area contributed by atoms with E-state index in [1.165, 1.54) is 4.31 Å². The predicted octanol–water partition coefficient (Wildman–Crippen LogP) is 3.67. The molecule has 0 saturated carbocycles. The van der Waals surface area contributed by atoms with E-state index in [4.69, 9.17) is 0 Å². The summed E-state index contributed by atoms with van der Waals surface area (Å²) < 4.78 is 27.2. The molecule has 1 heterocycles. The molecule has 1 atom stereocenters. The van der Waals surface area contributed by atoms with Gasteiger partial charge < -0.3 is 0 Å². The lowest BCUT2D eigenvalue weighted by molar-refractivity contribution is 0.470. The van der Waals surface area contributed by atoms with Crippen LogP contribution in [-0.2, 0) is 10.0 Å². The third-order valence-electron chi connectivity index (χ3n) is 4.32. The van der Waals surface area contributed by atoms with Crippen LogP contribution in [0.25, 0.3) is 0 Å². The maximum Gasteiger partial charge on any atom is 0.243 e. The monoisotopic (exact) mass is 344 g/mol. The Labute approximate surface area is 145 Å². The second-order valence-corrected chi connectivity index (χ2v) is 9.15. The van der Waals surface area contributed by atoms with Gasteiger partial charge in [-0.05, 0) is 30.0 Å². The van der Waals surface area contributed by atoms with Gasteiger partial charge in [-0.25, -0.2) is 8.42 Å². The van der Waals surface area contributed by atoms with Gasteiger partial charge in [-0.15, -0.1) is 6.58 Å². The van der Waals surface area contributed by atoms with Gasteiger partial charge in [0.25, 0.3) is 0 Å². The quantitative estimate of drug-likeness (QED) is 0.621. The Kier molecular flexibility index (Phi) is 5.03. The zero-order chi connectivity index (χ0) is 18.1. The van der Waals surface area contributed by atoms with E-state index >= 15 is 0 Å². The Hall–Kier alpha value is -1.90. The molecule has 1 aliphatic heterocycles. The molecule has 1 aromatic carbocycles. The van der Waals surface area contributed by atoms with Crippen LogP contribution in [0.1, 0.15) is 26.3 Å². The van der Waals surface area contributed by atoms with Gasteiger partial charge in [0.05, 0.1) is 11.0 Å². The van der Waals surface area contributed by atoms with E-state index in [-0.39, 0.29) is 22.8 Å². The van der Waals surface area contributed by atoms with Gasteiger partial charge in [0, 0.05) is 24.6 Å². The summed E-state index contributed by atoms with van der Waals surface area (Å²) in [7, 11) is -3.58. The minimum Gasteiger partial charge on any atom is -0.207 e. The van der Waals surface area contributed by atoms with Crippen molar-refractivity contribution in [2.24, 2.45) is 11.3 Å². The predicted molar refractivity (Wildman–Crippen MR) is 95.7 cm³/mol. The average Bonchev–Trinajstić information content (AvgIpc) is 2.91. The van der Waals surface area contributed by atoms with Gasteiger partial charge in [-0.3, -0.25) is 0 Å². The number of hydrogen-bond acceptors (Lipinski definition) is 3. The number of nitriles is 1. The highest BCUT2D eigenvalue weighted by atomic mass is 32.2. The second-order valence-electron chi connectivity index (χ2n) is 7.21. The summed E-state index contributed by atoms with van der Waals surface area (Å²) in [6.45, 7) is 12.2. The number of rotatable bonds is 3. The Balaban J connectivity index is 2.46. The molecule has 1 aromatic rings. The van der Waals surface area contributed by atoms with Crippen molar-refractivity contribution in [3.63, 3.8) is 0 Å². The first kappa shape index (κ1) is 18.4. The molecule has 0 spiro atoms. The Bertz CT molecular complexity index is 806. The molecular formula is C19H24N2O2S. The van der Waals surface area contributed by atoms with Gasteiger partial charge >= 0.3 is 0 Å². The molecule has 2 rings (SSSR count). The van der Waals surface area contributed by atoms with Gasteiger partial charge in [-0.1, -0.05) is 44.5 Å². The van der Waals surface area contributed by atoms with Gasteiger partial charge in [0.15, 0.2) is 0 Å². The molecule has 24 heavy (non-hydrogen) atoms. The molecule has 1 fully saturated rings. The van der Waals surface area contributed by atoms with Gasteiger partial charge in [0.1, 0.15) is 0 Å². The summed E-state index contributed by atoms with van der Waals surface area (Å²) in [5.74, 6) is -0.126. The molecule has 1 saturated heterocycles. The zero-order valence-electron chi connectivity index (χ0n) is 14.7. The molecule has 0 radical (unpaired) electrons. The molecular weight excluding hydrogens is 320 g/mol. The summed E-state index contributed by atoms with van der Waals surface area (Å²) in [6, 6.07) is 9.12. The van der Waals surface area contributed by atoms with Crippen LogP contribution in [0.3, 0.4) is 0 Å². The first-order valence-electron chi connectivity index (χ1n) is 7.94. The molecule has 0 N–H and O–H groups in total. The topological polar surface area (TPSA) is 61.2 Å². The normalized spacial score (nSPS) is 21.4. The van der Waals surface area contributed by atoms with E-state index in [1.54, 1.807) is 30.3 Å². The molecule has 128 valence electrons. The summed E-state index contributed by atoms with van der Waals surface area (Å²) >= 11 is 0. The van der Waals surface area contributed by atoms with Crippen molar-refractivity contribution < 1.29 is 8.42 Å². The Morgan fingerprint density at radius 2 is 1.92 bits per heavy atom. The molecule has 1 aliphatic rings. The fourth-order valence-corrected chi connectivity index (χ4v) is 4.39. The number of aryl methyl sites for hydroxylation is 1. The van der Waals surface area contributed by atoms with E-state index in [2.05, 4.69) is 12.6 Å². The first-order valence-corrected chi connectivity index (χ1v) is 9.38. The SMILES string of the molecule is C=C[C@@H]1CN(S(=O)(=O)c2ccc(C)cc2)C/C1=C(/C#N)C(C)(C)C. The van der Waals surface area contributed by atoms with Crippen molar-refractivity contribution in [2.45, 2.75) is 32.6 Å². The molecule has 0 bridgehead atoms. The number of benzene rings is 1. The molecule has 0 unspecified atom stereocenters. The van der Waals surface area contributed by atoms with Crippen LogP contribution in [0.2, 0.25) is 0 Å².